The molecule has 4 nitrogen and oxygen atoms in total. The molecule has 4 heteroatoms. The van der Waals surface area contributed by atoms with Crippen molar-refractivity contribution < 1.29 is 0 Å². The first-order valence-electron chi connectivity index (χ1n) is 7.66. The lowest BCUT2D eigenvalue weighted by atomic mass is 10.1. The third kappa shape index (κ3) is 4.37. The molecule has 0 atom stereocenters. The van der Waals surface area contributed by atoms with E-state index in [0.717, 1.165) is 49.9 Å². The maximum atomic E-state index is 4.42. The van der Waals surface area contributed by atoms with Gasteiger partial charge < -0.3 is 10.6 Å². The predicted octanol–water partition coefficient (Wildman–Crippen LogP) is 3.46. The van der Waals surface area contributed by atoms with Crippen LogP contribution in [0.15, 0.2) is 6.33 Å². The van der Waals surface area contributed by atoms with Crippen molar-refractivity contribution in [3.05, 3.63) is 11.9 Å². The van der Waals surface area contributed by atoms with Crippen LogP contribution in [-0.2, 0) is 6.42 Å². The van der Waals surface area contributed by atoms with Crippen LogP contribution in [0.4, 0.5) is 11.6 Å². The number of rotatable bonds is 9. The first kappa shape index (κ1) is 14.1. The van der Waals surface area contributed by atoms with Gasteiger partial charge in [-0.2, -0.15) is 0 Å². The van der Waals surface area contributed by atoms with E-state index in [1.165, 1.54) is 24.8 Å². The molecule has 1 aliphatic rings. The topological polar surface area (TPSA) is 49.8 Å². The maximum Gasteiger partial charge on any atom is 0.134 e. The number of hydrogen-bond acceptors (Lipinski definition) is 4. The summed E-state index contributed by atoms with van der Waals surface area (Å²) in [4.78, 5) is 8.81. The summed E-state index contributed by atoms with van der Waals surface area (Å²) in [7, 11) is 0. The third-order valence-corrected chi connectivity index (χ3v) is 3.53. The van der Waals surface area contributed by atoms with Gasteiger partial charge in [-0.25, -0.2) is 9.97 Å². The fraction of sp³-hybridized carbons (Fsp3) is 0.733. The van der Waals surface area contributed by atoms with E-state index in [1.807, 2.05) is 0 Å². The van der Waals surface area contributed by atoms with Crippen LogP contribution in [0.1, 0.15) is 51.5 Å². The maximum absolute atomic E-state index is 4.42. The minimum atomic E-state index is 0.960. The summed E-state index contributed by atoms with van der Waals surface area (Å²) in [6.45, 7) is 6.37. The highest BCUT2D eigenvalue weighted by atomic mass is 15.1. The number of nitrogens with zero attached hydrogens (tertiary/aromatic N) is 2. The second kappa shape index (κ2) is 7.31. The molecule has 19 heavy (non-hydrogen) atoms. The molecule has 1 heterocycles. The molecule has 0 aromatic carbocycles. The van der Waals surface area contributed by atoms with Gasteiger partial charge in [0.15, 0.2) is 0 Å². The van der Waals surface area contributed by atoms with Gasteiger partial charge in [0.05, 0.1) is 0 Å². The Hall–Kier alpha value is -1.32. The zero-order chi connectivity index (χ0) is 13.5. The van der Waals surface area contributed by atoms with Crippen molar-refractivity contribution in [1.82, 2.24) is 9.97 Å². The van der Waals surface area contributed by atoms with Crippen molar-refractivity contribution in [2.24, 2.45) is 5.92 Å². The van der Waals surface area contributed by atoms with Crippen LogP contribution in [0, 0.1) is 5.92 Å². The summed E-state index contributed by atoms with van der Waals surface area (Å²) in [5.74, 6) is 2.99. The van der Waals surface area contributed by atoms with Crippen LogP contribution in [0.25, 0.3) is 0 Å². The Labute approximate surface area is 116 Å². The van der Waals surface area contributed by atoms with Gasteiger partial charge in [0.1, 0.15) is 18.0 Å². The molecule has 1 aliphatic carbocycles. The summed E-state index contributed by atoms with van der Waals surface area (Å²) in [6.07, 6.45) is 9.02. The Morgan fingerprint density at radius 1 is 1.05 bits per heavy atom. The van der Waals surface area contributed by atoms with Gasteiger partial charge >= 0.3 is 0 Å². The summed E-state index contributed by atoms with van der Waals surface area (Å²) >= 11 is 0. The molecule has 0 aliphatic heterocycles. The van der Waals surface area contributed by atoms with Gasteiger partial charge in [0, 0.05) is 18.7 Å². The monoisotopic (exact) mass is 262 g/mol. The Kier molecular flexibility index (Phi) is 5.43. The molecular weight excluding hydrogens is 236 g/mol. The predicted molar refractivity (Wildman–Crippen MR) is 80.6 cm³/mol. The molecule has 2 rings (SSSR count). The third-order valence-electron chi connectivity index (χ3n) is 3.53. The minimum Gasteiger partial charge on any atom is -0.370 e. The largest absolute Gasteiger partial charge is 0.370 e. The zero-order valence-electron chi connectivity index (χ0n) is 12.2. The number of aromatic nitrogens is 2. The Bertz CT molecular complexity index is 388. The lowest BCUT2D eigenvalue weighted by Crippen LogP contribution is -2.12. The van der Waals surface area contributed by atoms with Crippen molar-refractivity contribution in [3.63, 3.8) is 0 Å². The van der Waals surface area contributed by atoms with Gasteiger partial charge in [-0.05, 0) is 25.2 Å². The van der Waals surface area contributed by atoms with Gasteiger partial charge in [-0.15, -0.1) is 0 Å². The van der Waals surface area contributed by atoms with Crippen LogP contribution >= 0.6 is 0 Å². The molecule has 1 aromatic rings. The average Bonchev–Trinajstić information content (AvgIpc) is 3.23. The van der Waals surface area contributed by atoms with E-state index in [1.54, 1.807) is 6.33 Å². The molecule has 0 radical (unpaired) electrons. The van der Waals surface area contributed by atoms with Gasteiger partial charge in [-0.3, -0.25) is 0 Å². The molecule has 0 unspecified atom stereocenters. The smallest absolute Gasteiger partial charge is 0.134 e. The SMILES string of the molecule is CCCNc1ncnc(NCCC2CC2)c1CCC. The average molecular weight is 262 g/mol. The first-order valence-corrected chi connectivity index (χ1v) is 7.66. The van der Waals surface area contributed by atoms with Crippen molar-refractivity contribution in [2.45, 2.75) is 52.4 Å². The van der Waals surface area contributed by atoms with E-state index in [2.05, 4.69) is 34.4 Å². The molecule has 0 amide bonds. The lowest BCUT2D eigenvalue weighted by Gasteiger charge is -2.14. The second-order valence-electron chi connectivity index (χ2n) is 5.39. The molecule has 106 valence electrons. The van der Waals surface area contributed by atoms with Gasteiger partial charge in [-0.1, -0.05) is 33.1 Å². The molecule has 1 aromatic heterocycles. The van der Waals surface area contributed by atoms with Crippen LogP contribution in [0.5, 0.6) is 0 Å². The number of nitrogens with one attached hydrogen (secondary N) is 2. The molecule has 0 spiro atoms. The highest BCUT2D eigenvalue weighted by Crippen LogP contribution is 2.32. The van der Waals surface area contributed by atoms with Gasteiger partial charge in [0.2, 0.25) is 0 Å². The van der Waals surface area contributed by atoms with Crippen molar-refractivity contribution in [3.8, 4) is 0 Å². The zero-order valence-corrected chi connectivity index (χ0v) is 12.2. The van der Waals surface area contributed by atoms with Crippen molar-refractivity contribution in [2.75, 3.05) is 23.7 Å². The molecule has 1 saturated carbocycles. The molecule has 0 saturated heterocycles. The number of anilines is 2. The Morgan fingerprint density at radius 2 is 1.74 bits per heavy atom. The van der Waals surface area contributed by atoms with Crippen LogP contribution in [0.3, 0.4) is 0 Å². The summed E-state index contributed by atoms with van der Waals surface area (Å²) < 4.78 is 0. The standard InChI is InChI=1S/C15H26N4/c1-3-5-13-14(16-9-4-2)18-11-19-15(13)17-10-8-12-6-7-12/h11-12H,3-10H2,1-2H3,(H2,16,17,18,19). The number of hydrogen-bond donors (Lipinski definition) is 2. The minimum absolute atomic E-state index is 0.960. The second-order valence-corrected chi connectivity index (χ2v) is 5.39. The highest BCUT2D eigenvalue weighted by molar-refractivity contribution is 5.57. The quantitative estimate of drug-likeness (QED) is 0.715. The van der Waals surface area contributed by atoms with E-state index in [9.17, 15) is 0 Å². The van der Waals surface area contributed by atoms with E-state index in [4.69, 9.17) is 0 Å². The molecule has 0 bridgehead atoms. The highest BCUT2D eigenvalue weighted by Gasteiger charge is 2.20. The normalized spacial score (nSPS) is 14.4. The molecule has 2 N–H and O–H groups in total. The lowest BCUT2D eigenvalue weighted by molar-refractivity contribution is 0.755. The molecule has 1 fully saturated rings. The summed E-state index contributed by atoms with van der Waals surface area (Å²) in [6, 6.07) is 0. The van der Waals surface area contributed by atoms with E-state index >= 15 is 0 Å². The van der Waals surface area contributed by atoms with Crippen LogP contribution < -0.4 is 10.6 Å². The summed E-state index contributed by atoms with van der Waals surface area (Å²) in [5.41, 5.74) is 1.24. The van der Waals surface area contributed by atoms with E-state index in [0.29, 0.717) is 0 Å². The first-order chi connectivity index (χ1) is 9.35. The van der Waals surface area contributed by atoms with Crippen molar-refractivity contribution >= 4 is 11.6 Å². The van der Waals surface area contributed by atoms with Crippen molar-refractivity contribution in [1.29, 1.82) is 0 Å². The Balaban J connectivity index is 2.00. The molecular formula is C15H26N4. The van der Waals surface area contributed by atoms with E-state index in [-0.39, 0.29) is 0 Å². The fourth-order valence-electron chi connectivity index (χ4n) is 2.25. The Morgan fingerprint density at radius 3 is 2.32 bits per heavy atom. The van der Waals surface area contributed by atoms with Gasteiger partial charge in [0.25, 0.3) is 0 Å². The summed E-state index contributed by atoms with van der Waals surface area (Å²) in [5, 5.41) is 6.90. The fourth-order valence-corrected chi connectivity index (χ4v) is 2.25. The van der Waals surface area contributed by atoms with Crippen LogP contribution in [-0.4, -0.2) is 23.1 Å². The van der Waals surface area contributed by atoms with E-state index < -0.39 is 0 Å². The van der Waals surface area contributed by atoms with Crippen LogP contribution in [0.2, 0.25) is 0 Å².